The lowest BCUT2D eigenvalue weighted by molar-refractivity contribution is -0.179. The van der Waals surface area contributed by atoms with Crippen LogP contribution in [0.1, 0.15) is 37.3 Å². The number of likely N-dealkylation sites (tertiary alicyclic amines) is 1. The van der Waals surface area contributed by atoms with E-state index in [1.54, 1.807) is 14.1 Å². The summed E-state index contributed by atoms with van der Waals surface area (Å²) in [5, 5.41) is 47.6. The van der Waals surface area contributed by atoms with Gasteiger partial charge >= 0.3 is 0 Å². The predicted octanol–water partition coefficient (Wildman–Crippen LogP) is -0.314. The third-order valence-corrected chi connectivity index (χ3v) is 8.81. The number of phenols is 1. The fraction of sp³-hybridized carbons (Fsp3) is 0.556. The second-order valence-electron chi connectivity index (χ2n) is 11.2. The first-order valence-electron chi connectivity index (χ1n) is 12.8. The standard InChI is InChI=1S/C27H33N3O8/c1-26(37)13-7-6-8-16(31)17(13)21(32)18-14(26)11-15-20(29(2)3)22(33)19(24(35)27(15,38)23(18)34)25(36)28-12-30-9-4-5-10-30/h6-8,14-15,19-20,31-32,37-38H,4-5,9-12H2,1-3H3,(H,28,36)/t14-,15-,19?,20-,26+,27-/m0/s1. The van der Waals surface area contributed by atoms with E-state index in [-0.39, 0.29) is 30.0 Å². The number of likely N-dealkylation sites (N-methyl/N-ethyl adjacent to an activating group) is 1. The maximum Gasteiger partial charge on any atom is 0.239 e. The molecular weight excluding hydrogens is 494 g/mol. The van der Waals surface area contributed by atoms with Crippen LogP contribution >= 0.6 is 0 Å². The molecule has 1 aromatic rings. The average molecular weight is 528 g/mol. The van der Waals surface area contributed by atoms with E-state index in [9.17, 15) is 39.6 Å². The number of Topliss-reactive ketones (excluding diaryl/α,β-unsaturated/α-hetero) is 3. The highest BCUT2D eigenvalue weighted by Gasteiger charge is 2.69. The molecule has 1 aromatic carbocycles. The Hall–Kier alpha value is -3.12. The molecule has 1 heterocycles. The SMILES string of the molecule is CN(C)[C@@H]1C(=O)C(C(=O)NCN2CCCC2)C(=O)[C@@]2(O)C(=O)C3=C(O)c4c(O)cccc4[C@@](C)(O)[C@H]3C[C@@H]12. The van der Waals surface area contributed by atoms with Crippen LogP contribution < -0.4 is 5.32 Å². The lowest BCUT2D eigenvalue weighted by atomic mass is 9.52. The summed E-state index contributed by atoms with van der Waals surface area (Å²) in [5.41, 5.74) is -4.96. The summed E-state index contributed by atoms with van der Waals surface area (Å²) in [4.78, 5) is 58.0. The number of rotatable bonds is 4. The maximum atomic E-state index is 14.0. The smallest absolute Gasteiger partial charge is 0.239 e. The van der Waals surface area contributed by atoms with Crippen LogP contribution in [0.25, 0.3) is 5.76 Å². The number of aromatic hydroxyl groups is 1. The van der Waals surface area contributed by atoms with Gasteiger partial charge in [-0.2, -0.15) is 0 Å². The van der Waals surface area contributed by atoms with Crippen molar-refractivity contribution in [3.8, 4) is 5.75 Å². The molecule has 5 rings (SSSR count). The van der Waals surface area contributed by atoms with Crippen molar-refractivity contribution < 1.29 is 39.6 Å². The van der Waals surface area contributed by atoms with Crippen LogP contribution in [0.5, 0.6) is 5.75 Å². The summed E-state index contributed by atoms with van der Waals surface area (Å²) in [6.45, 7) is 3.08. The Morgan fingerprint density at radius 3 is 2.42 bits per heavy atom. The third kappa shape index (κ3) is 3.56. The van der Waals surface area contributed by atoms with Crippen LogP contribution in [0.4, 0.5) is 0 Å². The summed E-state index contributed by atoms with van der Waals surface area (Å²) in [6, 6.07) is 3.09. The number of phenolic OH excluding ortho intramolecular Hbond substituents is 1. The lowest BCUT2D eigenvalue weighted by Crippen LogP contribution is -2.73. The van der Waals surface area contributed by atoms with Crippen LogP contribution in [0.15, 0.2) is 23.8 Å². The number of ketones is 3. The van der Waals surface area contributed by atoms with E-state index in [2.05, 4.69) is 5.32 Å². The van der Waals surface area contributed by atoms with E-state index in [1.807, 2.05) is 4.90 Å². The van der Waals surface area contributed by atoms with Gasteiger partial charge < -0.3 is 25.7 Å². The minimum absolute atomic E-state index is 0.130. The second kappa shape index (κ2) is 8.98. The van der Waals surface area contributed by atoms with Gasteiger partial charge in [0, 0.05) is 17.4 Å². The van der Waals surface area contributed by atoms with Crippen LogP contribution in [0, 0.1) is 17.8 Å². The molecule has 1 saturated heterocycles. The van der Waals surface area contributed by atoms with Crippen molar-refractivity contribution in [1.82, 2.24) is 15.1 Å². The number of amides is 1. The van der Waals surface area contributed by atoms with Gasteiger partial charge in [-0.1, -0.05) is 12.1 Å². The van der Waals surface area contributed by atoms with E-state index in [1.165, 1.54) is 30.0 Å². The van der Waals surface area contributed by atoms with Crippen molar-refractivity contribution in [2.45, 2.75) is 43.4 Å². The van der Waals surface area contributed by atoms with Gasteiger partial charge in [0.05, 0.1) is 23.9 Å². The molecule has 1 aliphatic heterocycles. The second-order valence-corrected chi connectivity index (χ2v) is 11.2. The molecule has 0 spiro atoms. The fourth-order valence-corrected chi connectivity index (χ4v) is 6.86. The highest BCUT2D eigenvalue weighted by Crippen LogP contribution is 2.56. The van der Waals surface area contributed by atoms with E-state index < -0.39 is 69.6 Å². The van der Waals surface area contributed by atoms with Gasteiger partial charge in [0.15, 0.2) is 23.1 Å². The van der Waals surface area contributed by atoms with Crippen molar-refractivity contribution in [1.29, 1.82) is 0 Å². The van der Waals surface area contributed by atoms with E-state index in [0.717, 1.165) is 25.9 Å². The summed E-state index contributed by atoms with van der Waals surface area (Å²) >= 11 is 0. The predicted molar refractivity (Wildman–Crippen MR) is 134 cm³/mol. The highest BCUT2D eigenvalue weighted by molar-refractivity contribution is 6.32. The number of carbonyl (C=O) groups is 4. The van der Waals surface area contributed by atoms with Gasteiger partial charge in [-0.05, 0) is 65.0 Å². The minimum Gasteiger partial charge on any atom is -0.507 e. The van der Waals surface area contributed by atoms with Crippen molar-refractivity contribution in [2.75, 3.05) is 33.9 Å². The largest absolute Gasteiger partial charge is 0.507 e. The highest BCUT2D eigenvalue weighted by atomic mass is 16.3. The molecule has 0 aromatic heterocycles. The number of benzene rings is 1. The molecule has 204 valence electrons. The van der Waals surface area contributed by atoms with Gasteiger partial charge in [0.1, 0.15) is 11.5 Å². The molecule has 2 saturated carbocycles. The number of aliphatic hydroxyl groups excluding tert-OH is 1. The minimum atomic E-state index is -2.80. The third-order valence-electron chi connectivity index (χ3n) is 8.81. The Labute approximate surface area is 219 Å². The average Bonchev–Trinajstić information content (AvgIpc) is 3.37. The maximum absolute atomic E-state index is 14.0. The van der Waals surface area contributed by atoms with Gasteiger partial charge in [-0.25, -0.2) is 0 Å². The number of aliphatic hydroxyl groups is 3. The Bertz CT molecular complexity index is 1260. The fourth-order valence-electron chi connectivity index (χ4n) is 6.86. The van der Waals surface area contributed by atoms with Crippen LogP contribution in [0.3, 0.4) is 0 Å². The van der Waals surface area contributed by atoms with Crippen molar-refractivity contribution in [3.05, 3.63) is 34.9 Å². The molecule has 3 fully saturated rings. The molecule has 4 aliphatic rings. The van der Waals surface area contributed by atoms with Crippen LogP contribution in [-0.4, -0.2) is 99.0 Å². The van der Waals surface area contributed by atoms with Gasteiger partial charge in [0.2, 0.25) is 11.7 Å². The number of nitrogens with one attached hydrogen (secondary N) is 1. The molecule has 1 unspecified atom stereocenters. The van der Waals surface area contributed by atoms with Crippen molar-refractivity contribution in [3.63, 3.8) is 0 Å². The first-order chi connectivity index (χ1) is 17.8. The zero-order chi connectivity index (χ0) is 27.7. The van der Waals surface area contributed by atoms with Crippen molar-refractivity contribution in [2.24, 2.45) is 17.8 Å². The van der Waals surface area contributed by atoms with Crippen molar-refractivity contribution >= 4 is 29.0 Å². The number of carbonyl (C=O) groups excluding carboxylic acids is 4. The zero-order valence-corrected chi connectivity index (χ0v) is 21.6. The van der Waals surface area contributed by atoms with E-state index in [0.29, 0.717) is 0 Å². The summed E-state index contributed by atoms with van der Waals surface area (Å²) in [5.74, 6) is -9.35. The molecule has 11 heteroatoms. The Morgan fingerprint density at radius 1 is 1.13 bits per heavy atom. The zero-order valence-electron chi connectivity index (χ0n) is 21.6. The number of nitrogens with zero attached hydrogens (tertiary/aromatic N) is 2. The molecular formula is C27H33N3O8. The van der Waals surface area contributed by atoms with Crippen LogP contribution in [0.2, 0.25) is 0 Å². The monoisotopic (exact) mass is 527 g/mol. The van der Waals surface area contributed by atoms with Gasteiger partial charge in [-0.3, -0.25) is 29.0 Å². The molecule has 3 aliphatic carbocycles. The quantitative estimate of drug-likeness (QED) is 0.328. The van der Waals surface area contributed by atoms with Gasteiger partial charge in [0.25, 0.3) is 0 Å². The Morgan fingerprint density at radius 2 is 1.79 bits per heavy atom. The molecule has 0 radical (unpaired) electrons. The molecule has 6 atom stereocenters. The summed E-state index contributed by atoms with van der Waals surface area (Å²) < 4.78 is 0. The molecule has 5 N–H and O–H groups in total. The van der Waals surface area contributed by atoms with Gasteiger partial charge in [-0.15, -0.1) is 0 Å². The van der Waals surface area contributed by atoms with E-state index >= 15 is 0 Å². The lowest BCUT2D eigenvalue weighted by Gasteiger charge is -2.53. The molecule has 1 amide bonds. The molecule has 38 heavy (non-hydrogen) atoms. The number of hydrogen-bond acceptors (Lipinski definition) is 10. The topological polar surface area (TPSA) is 168 Å². The normalized spacial score (nSPS) is 35.3. The summed E-state index contributed by atoms with van der Waals surface area (Å²) in [7, 11) is 3.11. The molecule has 11 nitrogen and oxygen atoms in total. The van der Waals surface area contributed by atoms with E-state index in [4.69, 9.17) is 0 Å². The number of hydrogen-bond donors (Lipinski definition) is 5. The first-order valence-corrected chi connectivity index (χ1v) is 12.8. The Balaban J connectivity index is 1.60. The summed E-state index contributed by atoms with van der Waals surface area (Å²) in [6.07, 6.45) is 1.74. The number of fused-ring (bicyclic) bond motifs is 3. The van der Waals surface area contributed by atoms with Crippen LogP contribution in [-0.2, 0) is 24.8 Å². The molecule has 0 bridgehead atoms. The first kappa shape index (κ1) is 26.5. The Kier molecular flexibility index (Phi) is 6.26.